The lowest BCUT2D eigenvalue weighted by Gasteiger charge is -2.30. The van der Waals surface area contributed by atoms with Crippen LogP contribution in [0.4, 0.5) is 0 Å². The minimum atomic E-state index is -0.530. The molecule has 6 nitrogen and oxygen atoms in total. The Morgan fingerprint density at radius 2 is 1.79 bits per heavy atom. The third-order valence-electron chi connectivity index (χ3n) is 6.70. The van der Waals surface area contributed by atoms with Crippen LogP contribution in [0.5, 0.6) is 11.5 Å². The van der Waals surface area contributed by atoms with Crippen molar-refractivity contribution in [3.8, 4) is 11.5 Å². The molecule has 4 rings (SSSR count). The average molecular weight is 451 g/mol. The molecular weight excluding hydrogens is 416 g/mol. The Labute approximate surface area is 196 Å². The third-order valence-corrected chi connectivity index (χ3v) is 6.70. The van der Waals surface area contributed by atoms with Crippen LogP contribution in [0.3, 0.4) is 0 Å². The minimum Gasteiger partial charge on any atom is -0.486 e. The number of carbonyl (C=O) groups is 2. The highest BCUT2D eigenvalue weighted by atomic mass is 16.6. The number of nitrogens with one attached hydrogen (secondary N) is 1. The van der Waals surface area contributed by atoms with Crippen molar-refractivity contribution >= 4 is 11.8 Å². The number of rotatable bonds is 8. The van der Waals surface area contributed by atoms with Crippen molar-refractivity contribution < 1.29 is 19.1 Å². The molecule has 0 bridgehead atoms. The predicted molar refractivity (Wildman–Crippen MR) is 127 cm³/mol. The van der Waals surface area contributed by atoms with Crippen LogP contribution < -0.4 is 14.8 Å². The lowest BCUT2D eigenvalue weighted by molar-refractivity contribution is -0.140. The third kappa shape index (κ3) is 5.86. The molecule has 1 unspecified atom stereocenters. The van der Waals surface area contributed by atoms with E-state index in [4.69, 9.17) is 9.47 Å². The monoisotopic (exact) mass is 450 g/mol. The van der Waals surface area contributed by atoms with Gasteiger partial charge in [0.25, 0.3) is 0 Å². The molecule has 0 aromatic heterocycles. The first-order valence-corrected chi connectivity index (χ1v) is 12.0. The number of carbonyl (C=O) groups excluding carboxylic acids is 2. The summed E-state index contributed by atoms with van der Waals surface area (Å²) < 4.78 is 11.3. The van der Waals surface area contributed by atoms with Crippen molar-refractivity contribution in [3.05, 3.63) is 59.2 Å². The van der Waals surface area contributed by atoms with Crippen LogP contribution in [0.25, 0.3) is 0 Å². The number of hydrogen-bond acceptors (Lipinski definition) is 4. The maximum Gasteiger partial charge on any atom is 0.242 e. The van der Waals surface area contributed by atoms with Crippen LogP contribution in [-0.2, 0) is 22.6 Å². The molecule has 0 radical (unpaired) electrons. The molecule has 1 N–H and O–H groups in total. The van der Waals surface area contributed by atoms with E-state index in [1.807, 2.05) is 56.3 Å². The molecule has 1 heterocycles. The molecule has 2 aromatic rings. The zero-order valence-corrected chi connectivity index (χ0v) is 19.6. The Morgan fingerprint density at radius 3 is 2.55 bits per heavy atom. The Hall–Kier alpha value is -3.02. The van der Waals surface area contributed by atoms with E-state index in [0.717, 1.165) is 53.9 Å². The highest BCUT2D eigenvalue weighted by Crippen LogP contribution is 2.31. The van der Waals surface area contributed by atoms with Crippen LogP contribution in [0, 0.1) is 6.92 Å². The fraction of sp³-hybridized carbons (Fsp3) is 0.481. The van der Waals surface area contributed by atoms with Crippen molar-refractivity contribution in [2.75, 3.05) is 13.2 Å². The first-order valence-electron chi connectivity index (χ1n) is 12.0. The highest BCUT2D eigenvalue weighted by Gasteiger charge is 2.28. The number of amides is 2. The number of nitrogens with zero attached hydrogens (tertiary/aromatic N) is 1. The number of hydrogen-bond donors (Lipinski definition) is 1. The number of benzene rings is 2. The zero-order chi connectivity index (χ0) is 23.2. The summed E-state index contributed by atoms with van der Waals surface area (Å²) in [6, 6.07) is 13.6. The summed E-state index contributed by atoms with van der Waals surface area (Å²) >= 11 is 0. The summed E-state index contributed by atoms with van der Waals surface area (Å²) in [5, 5.41) is 3.16. The molecule has 2 aromatic carbocycles. The minimum absolute atomic E-state index is 0.0257. The van der Waals surface area contributed by atoms with Crippen molar-refractivity contribution in [1.82, 2.24) is 10.2 Å². The second-order valence-electron chi connectivity index (χ2n) is 9.09. The molecule has 1 fully saturated rings. The lowest BCUT2D eigenvalue weighted by atomic mass is 10.0. The number of aryl methyl sites for hydroxylation is 2. The maximum atomic E-state index is 13.4. The summed E-state index contributed by atoms with van der Waals surface area (Å²) in [4.78, 5) is 28.1. The van der Waals surface area contributed by atoms with Crippen molar-refractivity contribution in [1.29, 1.82) is 0 Å². The predicted octanol–water partition coefficient (Wildman–Crippen LogP) is 4.17. The van der Waals surface area contributed by atoms with E-state index in [9.17, 15) is 9.59 Å². The van der Waals surface area contributed by atoms with Gasteiger partial charge in [0.05, 0.1) is 0 Å². The molecule has 2 aliphatic rings. The van der Waals surface area contributed by atoms with Gasteiger partial charge in [0.15, 0.2) is 11.5 Å². The summed E-state index contributed by atoms with van der Waals surface area (Å²) in [7, 11) is 0. The van der Waals surface area contributed by atoms with Crippen LogP contribution in [-0.4, -0.2) is 42.0 Å². The van der Waals surface area contributed by atoms with Gasteiger partial charge in [-0.1, -0.05) is 43.2 Å². The van der Waals surface area contributed by atoms with Gasteiger partial charge in [-0.3, -0.25) is 9.59 Å². The van der Waals surface area contributed by atoms with Gasteiger partial charge in [-0.2, -0.15) is 0 Å². The van der Waals surface area contributed by atoms with Gasteiger partial charge in [0.1, 0.15) is 19.3 Å². The second-order valence-corrected chi connectivity index (χ2v) is 9.09. The molecule has 176 valence electrons. The van der Waals surface area contributed by atoms with E-state index < -0.39 is 6.04 Å². The fourth-order valence-electron chi connectivity index (χ4n) is 4.58. The SMILES string of the molecule is Cc1ccccc1CN(C(=O)CCc1ccc2c(c1)OCCO2)C(C)C(=O)NC1CCCC1. The van der Waals surface area contributed by atoms with Gasteiger partial charge in [0, 0.05) is 19.0 Å². The van der Waals surface area contributed by atoms with Gasteiger partial charge < -0.3 is 19.7 Å². The van der Waals surface area contributed by atoms with Crippen LogP contribution in [0.1, 0.15) is 55.7 Å². The van der Waals surface area contributed by atoms with Crippen LogP contribution >= 0.6 is 0 Å². The second kappa shape index (κ2) is 10.7. The van der Waals surface area contributed by atoms with E-state index >= 15 is 0 Å². The van der Waals surface area contributed by atoms with Crippen molar-refractivity contribution in [2.45, 2.75) is 71.0 Å². The molecule has 2 amide bonds. The van der Waals surface area contributed by atoms with Gasteiger partial charge >= 0.3 is 0 Å². The average Bonchev–Trinajstić information content (AvgIpc) is 3.34. The number of fused-ring (bicyclic) bond motifs is 1. The molecule has 1 saturated carbocycles. The lowest BCUT2D eigenvalue weighted by Crippen LogP contribution is -2.49. The molecule has 1 aliphatic carbocycles. The number of ether oxygens (including phenoxy) is 2. The van der Waals surface area contributed by atoms with E-state index in [1.165, 1.54) is 0 Å². The van der Waals surface area contributed by atoms with Crippen molar-refractivity contribution in [3.63, 3.8) is 0 Å². The van der Waals surface area contributed by atoms with Gasteiger partial charge in [-0.05, 0) is 61.9 Å². The molecular formula is C27H34N2O4. The van der Waals surface area contributed by atoms with E-state index in [2.05, 4.69) is 5.32 Å². The molecule has 6 heteroatoms. The summed E-state index contributed by atoms with van der Waals surface area (Å²) in [6.45, 7) is 5.39. The van der Waals surface area contributed by atoms with E-state index in [1.54, 1.807) is 4.90 Å². The van der Waals surface area contributed by atoms with Gasteiger partial charge in [-0.25, -0.2) is 0 Å². The molecule has 0 spiro atoms. The van der Waals surface area contributed by atoms with E-state index in [-0.39, 0.29) is 17.9 Å². The smallest absolute Gasteiger partial charge is 0.242 e. The maximum absolute atomic E-state index is 13.4. The molecule has 0 saturated heterocycles. The Kier molecular flexibility index (Phi) is 7.53. The van der Waals surface area contributed by atoms with Crippen LogP contribution in [0.15, 0.2) is 42.5 Å². The Bertz CT molecular complexity index is 984. The first kappa shape index (κ1) is 23.1. The molecule has 1 aliphatic heterocycles. The molecule has 33 heavy (non-hydrogen) atoms. The Balaban J connectivity index is 1.46. The Morgan fingerprint density at radius 1 is 1.06 bits per heavy atom. The molecule has 1 atom stereocenters. The van der Waals surface area contributed by atoms with Gasteiger partial charge in [0.2, 0.25) is 11.8 Å². The van der Waals surface area contributed by atoms with Crippen molar-refractivity contribution in [2.24, 2.45) is 0 Å². The quantitative estimate of drug-likeness (QED) is 0.655. The summed E-state index contributed by atoms with van der Waals surface area (Å²) in [6.07, 6.45) is 5.26. The standard InChI is InChI=1S/C27H34N2O4/c1-19-7-3-4-8-22(19)18-29(20(2)27(31)28-23-9-5-6-10-23)26(30)14-12-21-11-13-24-25(17-21)33-16-15-32-24/h3-4,7-8,11,13,17,20,23H,5-6,9-10,12,14-16,18H2,1-2H3,(H,28,31). The fourth-order valence-corrected chi connectivity index (χ4v) is 4.58. The van der Waals surface area contributed by atoms with E-state index in [0.29, 0.717) is 32.6 Å². The summed E-state index contributed by atoms with van der Waals surface area (Å²) in [5.41, 5.74) is 3.20. The topological polar surface area (TPSA) is 67.9 Å². The van der Waals surface area contributed by atoms with Crippen LogP contribution in [0.2, 0.25) is 0 Å². The normalized spacial score (nSPS) is 16.3. The zero-order valence-electron chi connectivity index (χ0n) is 19.6. The largest absolute Gasteiger partial charge is 0.486 e. The highest BCUT2D eigenvalue weighted by molar-refractivity contribution is 5.87. The van der Waals surface area contributed by atoms with Gasteiger partial charge in [-0.15, -0.1) is 0 Å². The summed E-state index contributed by atoms with van der Waals surface area (Å²) in [5.74, 6) is 1.38. The first-order chi connectivity index (χ1) is 16.0.